The van der Waals surface area contributed by atoms with Crippen LogP contribution in [-0.2, 0) is 4.74 Å². The summed E-state index contributed by atoms with van der Waals surface area (Å²) in [5.41, 5.74) is 6.47. The Morgan fingerprint density at radius 2 is 2.30 bits per heavy atom. The van der Waals surface area contributed by atoms with Gasteiger partial charge in [0.15, 0.2) is 5.82 Å². The lowest BCUT2D eigenvalue weighted by Crippen LogP contribution is -2.22. The third kappa shape index (κ3) is 4.23. The van der Waals surface area contributed by atoms with E-state index < -0.39 is 0 Å². The fourth-order valence-corrected chi connectivity index (χ4v) is 2.22. The van der Waals surface area contributed by atoms with Gasteiger partial charge in [-0.1, -0.05) is 0 Å². The first-order valence-corrected chi connectivity index (χ1v) is 7.29. The molecule has 2 heterocycles. The second-order valence-corrected chi connectivity index (χ2v) is 5.31. The van der Waals surface area contributed by atoms with Crippen LogP contribution < -0.4 is 15.8 Å². The maximum absolute atomic E-state index is 6.01. The van der Waals surface area contributed by atoms with E-state index in [1.54, 1.807) is 0 Å². The SMILES string of the molecule is CC(C)Oc1ncnc(NCCC2CCCCO2)c1N. The minimum atomic E-state index is 0.0377. The van der Waals surface area contributed by atoms with E-state index in [1.165, 1.54) is 19.2 Å². The first-order valence-electron chi connectivity index (χ1n) is 7.29. The van der Waals surface area contributed by atoms with E-state index in [9.17, 15) is 0 Å². The highest BCUT2D eigenvalue weighted by molar-refractivity contribution is 5.66. The molecule has 0 bridgehead atoms. The number of aromatic nitrogens is 2. The molecule has 1 aliphatic heterocycles. The highest BCUT2D eigenvalue weighted by atomic mass is 16.5. The second-order valence-electron chi connectivity index (χ2n) is 5.31. The lowest BCUT2D eigenvalue weighted by molar-refractivity contribution is 0.0134. The third-order valence-electron chi connectivity index (χ3n) is 3.23. The average molecular weight is 280 g/mol. The smallest absolute Gasteiger partial charge is 0.242 e. The summed E-state index contributed by atoms with van der Waals surface area (Å²) in [4.78, 5) is 8.21. The van der Waals surface area contributed by atoms with E-state index in [0.717, 1.165) is 26.0 Å². The summed E-state index contributed by atoms with van der Waals surface area (Å²) in [5, 5.41) is 3.24. The number of nitrogens with two attached hydrogens (primary N) is 1. The lowest BCUT2D eigenvalue weighted by atomic mass is 10.1. The topological polar surface area (TPSA) is 82.3 Å². The molecule has 1 atom stereocenters. The Labute approximate surface area is 120 Å². The molecule has 6 nitrogen and oxygen atoms in total. The van der Waals surface area contributed by atoms with Gasteiger partial charge in [0.25, 0.3) is 0 Å². The Morgan fingerprint density at radius 3 is 3.00 bits per heavy atom. The summed E-state index contributed by atoms with van der Waals surface area (Å²) < 4.78 is 11.2. The highest BCUT2D eigenvalue weighted by Crippen LogP contribution is 2.25. The van der Waals surface area contributed by atoms with E-state index in [0.29, 0.717) is 23.5 Å². The first kappa shape index (κ1) is 14.8. The van der Waals surface area contributed by atoms with E-state index in [-0.39, 0.29) is 6.10 Å². The van der Waals surface area contributed by atoms with E-state index in [2.05, 4.69) is 15.3 Å². The van der Waals surface area contributed by atoms with Gasteiger partial charge >= 0.3 is 0 Å². The van der Waals surface area contributed by atoms with Crippen LogP contribution in [0.5, 0.6) is 5.88 Å². The quantitative estimate of drug-likeness (QED) is 0.831. The average Bonchev–Trinajstić information content (AvgIpc) is 2.43. The van der Waals surface area contributed by atoms with Crippen LogP contribution in [0, 0.1) is 0 Å². The van der Waals surface area contributed by atoms with Gasteiger partial charge in [0.2, 0.25) is 5.88 Å². The van der Waals surface area contributed by atoms with Gasteiger partial charge < -0.3 is 20.5 Å². The zero-order valence-corrected chi connectivity index (χ0v) is 12.3. The third-order valence-corrected chi connectivity index (χ3v) is 3.23. The molecule has 6 heteroatoms. The van der Waals surface area contributed by atoms with E-state index >= 15 is 0 Å². The molecule has 1 aromatic rings. The number of ether oxygens (including phenoxy) is 2. The van der Waals surface area contributed by atoms with Crippen LogP contribution in [0.3, 0.4) is 0 Å². The molecular weight excluding hydrogens is 256 g/mol. The predicted molar refractivity (Wildman–Crippen MR) is 78.9 cm³/mol. The molecule has 0 radical (unpaired) electrons. The van der Waals surface area contributed by atoms with Crippen LogP contribution in [0.1, 0.15) is 39.5 Å². The van der Waals surface area contributed by atoms with Crippen molar-refractivity contribution in [2.24, 2.45) is 0 Å². The van der Waals surface area contributed by atoms with Crippen molar-refractivity contribution >= 4 is 11.5 Å². The highest BCUT2D eigenvalue weighted by Gasteiger charge is 2.14. The van der Waals surface area contributed by atoms with Crippen molar-refractivity contribution in [3.05, 3.63) is 6.33 Å². The molecule has 20 heavy (non-hydrogen) atoms. The normalized spacial score (nSPS) is 19.1. The molecule has 1 unspecified atom stereocenters. The number of rotatable bonds is 6. The largest absolute Gasteiger partial charge is 0.473 e. The molecule has 1 aromatic heterocycles. The number of nitrogens with one attached hydrogen (secondary N) is 1. The summed E-state index contributed by atoms with van der Waals surface area (Å²) in [7, 11) is 0. The van der Waals surface area contributed by atoms with Crippen molar-refractivity contribution in [2.75, 3.05) is 24.2 Å². The summed E-state index contributed by atoms with van der Waals surface area (Å²) >= 11 is 0. The minimum Gasteiger partial charge on any atom is -0.473 e. The van der Waals surface area contributed by atoms with Crippen LogP contribution in [0.2, 0.25) is 0 Å². The van der Waals surface area contributed by atoms with Gasteiger partial charge in [-0.2, -0.15) is 4.98 Å². The number of hydrogen-bond acceptors (Lipinski definition) is 6. The maximum atomic E-state index is 6.01. The van der Waals surface area contributed by atoms with E-state index in [1.807, 2.05) is 13.8 Å². The van der Waals surface area contributed by atoms with Gasteiger partial charge in [0, 0.05) is 13.2 Å². The molecule has 0 spiro atoms. The van der Waals surface area contributed by atoms with Crippen LogP contribution in [0.25, 0.3) is 0 Å². The molecule has 0 aromatic carbocycles. The maximum Gasteiger partial charge on any atom is 0.242 e. The molecule has 1 aliphatic rings. The van der Waals surface area contributed by atoms with Crippen molar-refractivity contribution in [1.29, 1.82) is 0 Å². The fraction of sp³-hybridized carbons (Fsp3) is 0.714. The molecule has 1 fully saturated rings. The summed E-state index contributed by atoms with van der Waals surface area (Å²) in [6, 6.07) is 0. The number of anilines is 2. The van der Waals surface area contributed by atoms with Gasteiger partial charge in [-0.05, 0) is 39.5 Å². The van der Waals surface area contributed by atoms with Crippen LogP contribution in [0.4, 0.5) is 11.5 Å². The molecule has 0 amide bonds. The summed E-state index contributed by atoms with van der Waals surface area (Å²) in [6.07, 6.45) is 6.40. The molecule has 0 aliphatic carbocycles. The van der Waals surface area contributed by atoms with Gasteiger partial charge in [-0.3, -0.25) is 0 Å². The van der Waals surface area contributed by atoms with Crippen molar-refractivity contribution in [2.45, 2.75) is 51.7 Å². The number of nitrogen functional groups attached to an aromatic ring is 1. The lowest BCUT2D eigenvalue weighted by Gasteiger charge is -2.22. The van der Waals surface area contributed by atoms with Crippen LogP contribution in [0.15, 0.2) is 6.33 Å². The van der Waals surface area contributed by atoms with Gasteiger partial charge in [-0.15, -0.1) is 0 Å². The van der Waals surface area contributed by atoms with Crippen molar-refractivity contribution < 1.29 is 9.47 Å². The summed E-state index contributed by atoms with van der Waals surface area (Å²) in [5.74, 6) is 1.07. The predicted octanol–water partition coefficient (Wildman–Crippen LogP) is 2.22. The molecule has 2 rings (SSSR count). The first-order chi connectivity index (χ1) is 9.66. The van der Waals surface area contributed by atoms with E-state index in [4.69, 9.17) is 15.2 Å². The number of hydrogen-bond donors (Lipinski definition) is 2. The van der Waals surface area contributed by atoms with Crippen molar-refractivity contribution in [3.63, 3.8) is 0 Å². The second kappa shape index (κ2) is 7.28. The zero-order chi connectivity index (χ0) is 14.4. The fourth-order valence-electron chi connectivity index (χ4n) is 2.22. The minimum absolute atomic E-state index is 0.0377. The Hall–Kier alpha value is -1.56. The molecular formula is C14H24N4O2. The molecule has 1 saturated heterocycles. The summed E-state index contributed by atoms with van der Waals surface area (Å²) in [6.45, 7) is 5.55. The molecule has 112 valence electrons. The Kier molecular flexibility index (Phi) is 5.40. The van der Waals surface area contributed by atoms with Gasteiger partial charge in [0.05, 0.1) is 12.2 Å². The van der Waals surface area contributed by atoms with Crippen LogP contribution in [-0.4, -0.2) is 35.3 Å². The Morgan fingerprint density at radius 1 is 1.45 bits per heavy atom. The van der Waals surface area contributed by atoms with Gasteiger partial charge in [0.1, 0.15) is 12.0 Å². The van der Waals surface area contributed by atoms with Crippen molar-refractivity contribution in [1.82, 2.24) is 9.97 Å². The standard InChI is InChI=1S/C14H24N4O2/c1-10(2)20-14-12(15)13(17-9-18-14)16-7-6-11-5-3-4-8-19-11/h9-11H,3-8,15H2,1-2H3,(H,16,17,18). The Balaban J connectivity index is 1.85. The zero-order valence-electron chi connectivity index (χ0n) is 12.3. The van der Waals surface area contributed by atoms with Gasteiger partial charge in [-0.25, -0.2) is 4.98 Å². The van der Waals surface area contributed by atoms with Crippen molar-refractivity contribution in [3.8, 4) is 5.88 Å². The molecule has 3 N–H and O–H groups in total. The Bertz CT molecular complexity index is 420. The monoisotopic (exact) mass is 280 g/mol. The number of nitrogens with zero attached hydrogens (tertiary/aromatic N) is 2. The van der Waals surface area contributed by atoms with Crippen LogP contribution >= 0.6 is 0 Å². The molecule has 0 saturated carbocycles.